The van der Waals surface area contributed by atoms with Crippen LogP contribution < -0.4 is 4.90 Å². The van der Waals surface area contributed by atoms with E-state index in [1.807, 2.05) is 0 Å². The summed E-state index contributed by atoms with van der Waals surface area (Å²) in [5.74, 6) is -0.338. The number of aromatic nitrogens is 3. The molecule has 1 aromatic rings. The molecule has 1 amide bonds. The fourth-order valence-electron chi connectivity index (χ4n) is 1.71. The number of carbonyl (C=O) groups is 2. The highest BCUT2D eigenvalue weighted by Gasteiger charge is 2.39. The number of amides is 1. The Hall–Kier alpha value is -2.18. The Morgan fingerprint density at radius 1 is 1.56 bits per heavy atom. The number of hydrogen-bond donors (Lipinski definition) is 1. The monoisotopic (exact) mass is 250 g/mol. The van der Waals surface area contributed by atoms with Crippen molar-refractivity contribution in [2.24, 2.45) is 0 Å². The van der Waals surface area contributed by atoms with E-state index in [1.54, 1.807) is 20.8 Å². The van der Waals surface area contributed by atoms with Crippen LogP contribution in [0.3, 0.4) is 0 Å². The Labute approximate surface area is 104 Å². The van der Waals surface area contributed by atoms with E-state index in [0.717, 1.165) is 0 Å². The van der Waals surface area contributed by atoms with Gasteiger partial charge in [-0.25, -0.2) is 10.00 Å². The van der Waals surface area contributed by atoms with Crippen LogP contribution in [0.2, 0.25) is 0 Å². The smallest absolute Gasteiger partial charge is 0.307 e. The maximum atomic E-state index is 12.1. The van der Waals surface area contributed by atoms with Gasteiger partial charge in [-0.1, -0.05) is 6.92 Å². The van der Waals surface area contributed by atoms with Crippen LogP contribution >= 0.6 is 0 Å². The molecule has 96 valence electrons. The van der Waals surface area contributed by atoms with Crippen molar-refractivity contribution in [3.05, 3.63) is 17.5 Å². The van der Waals surface area contributed by atoms with E-state index in [1.165, 1.54) is 11.2 Å². The fourth-order valence-corrected chi connectivity index (χ4v) is 1.71. The molecule has 18 heavy (non-hydrogen) atoms. The molecule has 0 radical (unpaired) electrons. The summed E-state index contributed by atoms with van der Waals surface area (Å²) in [5.41, 5.74) is 1.26. The summed E-state index contributed by atoms with van der Waals surface area (Å²) in [6, 6.07) is 0. The molecule has 0 spiro atoms. The molecule has 1 aliphatic rings. The minimum atomic E-state index is -0.738. The lowest BCUT2D eigenvalue weighted by molar-refractivity contribution is -0.147. The lowest BCUT2D eigenvalue weighted by Gasteiger charge is -2.23. The first-order chi connectivity index (χ1) is 8.56. The zero-order chi connectivity index (χ0) is 13.3. The van der Waals surface area contributed by atoms with Gasteiger partial charge < -0.3 is 4.74 Å². The molecule has 0 aliphatic carbocycles. The molecular weight excluding hydrogens is 236 g/mol. The van der Waals surface area contributed by atoms with Crippen LogP contribution in [0.15, 0.2) is 17.5 Å². The van der Waals surface area contributed by atoms with Gasteiger partial charge in [-0.3, -0.25) is 9.59 Å². The highest BCUT2D eigenvalue weighted by Crippen LogP contribution is 2.29. The summed E-state index contributed by atoms with van der Waals surface area (Å²) in [5, 5.41) is 6.29. The van der Waals surface area contributed by atoms with Crippen LogP contribution in [-0.4, -0.2) is 33.3 Å². The summed E-state index contributed by atoms with van der Waals surface area (Å²) in [4.78, 5) is 28.7. The average Bonchev–Trinajstić information content (AvgIpc) is 2.94. The Kier molecular flexibility index (Phi) is 3.14. The number of H-pyrrole nitrogens is 1. The minimum absolute atomic E-state index is 0.238. The van der Waals surface area contributed by atoms with E-state index < -0.39 is 6.23 Å². The maximum Gasteiger partial charge on any atom is 0.307 e. The first-order valence-electron chi connectivity index (χ1n) is 5.62. The topological polar surface area (TPSA) is 88.2 Å². The van der Waals surface area contributed by atoms with Crippen molar-refractivity contribution >= 4 is 17.8 Å². The molecule has 7 nitrogen and oxygen atoms in total. The van der Waals surface area contributed by atoms with Crippen molar-refractivity contribution < 1.29 is 14.3 Å². The van der Waals surface area contributed by atoms with Gasteiger partial charge in [0.05, 0.1) is 0 Å². The second-order valence-corrected chi connectivity index (χ2v) is 3.99. The van der Waals surface area contributed by atoms with E-state index in [-0.39, 0.29) is 24.2 Å². The van der Waals surface area contributed by atoms with Crippen LogP contribution in [-0.2, 0) is 14.3 Å². The predicted octanol–water partition coefficient (Wildman–Crippen LogP) is 0.767. The number of aromatic amines is 1. The predicted molar refractivity (Wildman–Crippen MR) is 62.4 cm³/mol. The molecule has 0 bridgehead atoms. The molecular formula is C11H14N4O3. The maximum absolute atomic E-state index is 12.1. The molecule has 1 aliphatic heterocycles. The number of esters is 1. The van der Waals surface area contributed by atoms with Gasteiger partial charge in [-0.05, 0) is 19.4 Å². The average molecular weight is 250 g/mol. The second-order valence-electron chi connectivity index (χ2n) is 3.99. The second kappa shape index (κ2) is 4.59. The fraction of sp³-hybridized carbons (Fsp3) is 0.455. The van der Waals surface area contributed by atoms with E-state index in [2.05, 4.69) is 15.2 Å². The normalized spacial score (nSPS) is 19.6. The minimum Gasteiger partial charge on any atom is -0.437 e. The van der Waals surface area contributed by atoms with Crippen molar-refractivity contribution in [3.8, 4) is 0 Å². The van der Waals surface area contributed by atoms with Gasteiger partial charge >= 0.3 is 5.97 Å². The van der Waals surface area contributed by atoms with Gasteiger partial charge in [0.15, 0.2) is 0 Å². The molecule has 1 aromatic heterocycles. The molecule has 0 saturated carbocycles. The van der Waals surface area contributed by atoms with Gasteiger partial charge in [0.25, 0.3) is 5.91 Å². The zero-order valence-corrected chi connectivity index (χ0v) is 10.4. The quantitative estimate of drug-likeness (QED) is 0.800. The number of ether oxygens (including phenoxy) is 1. The molecule has 2 rings (SSSR count). The van der Waals surface area contributed by atoms with Crippen LogP contribution in [0.1, 0.15) is 27.2 Å². The lowest BCUT2D eigenvalue weighted by Crippen LogP contribution is -2.39. The molecule has 0 saturated heterocycles. The highest BCUT2D eigenvalue weighted by atomic mass is 16.6. The molecule has 1 atom stereocenters. The SMILES string of the molecule is CCC(=O)OC1C(C)=C(C)C(=O)N1c1ncn[nH]1. The van der Waals surface area contributed by atoms with Crippen LogP contribution in [0, 0.1) is 0 Å². The van der Waals surface area contributed by atoms with Crippen molar-refractivity contribution in [2.75, 3.05) is 4.90 Å². The van der Waals surface area contributed by atoms with Crippen LogP contribution in [0.4, 0.5) is 5.95 Å². The van der Waals surface area contributed by atoms with Crippen LogP contribution in [0.5, 0.6) is 0 Å². The van der Waals surface area contributed by atoms with Crippen molar-refractivity contribution in [1.82, 2.24) is 15.2 Å². The molecule has 0 aromatic carbocycles. The summed E-state index contributed by atoms with van der Waals surface area (Å²) < 4.78 is 5.27. The van der Waals surface area contributed by atoms with Gasteiger partial charge in [-0.2, -0.15) is 10.1 Å². The van der Waals surface area contributed by atoms with Gasteiger partial charge in [0, 0.05) is 12.0 Å². The first kappa shape index (κ1) is 12.3. The molecule has 1 unspecified atom stereocenters. The van der Waals surface area contributed by atoms with E-state index in [9.17, 15) is 9.59 Å². The Morgan fingerprint density at radius 2 is 2.28 bits per heavy atom. The largest absolute Gasteiger partial charge is 0.437 e. The Bertz CT molecular complexity index is 506. The third-order valence-corrected chi connectivity index (χ3v) is 2.90. The molecule has 1 N–H and O–H groups in total. The third kappa shape index (κ3) is 1.87. The van der Waals surface area contributed by atoms with Crippen molar-refractivity contribution in [1.29, 1.82) is 0 Å². The third-order valence-electron chi connectivity index (χ3n) is 2.90. The van der Waals surface area contributed by atoms with Gasteiger partial charge in [0.2, 0.25) is 12.2 Å². The number of carbonyl (C=O) groups excluding carboxylic acids is 2. The summed E-state index contributed by atoms with van der Waals surface area (Å²) in [7, 11) is 0. The van der Waals surface area contributed by atoms with E-state index in [4.69, 9.17) is 4.74 Å². The standard InChI is InChI=1S/C11H14N4O3/c1-4-8(16)18-10-7(3)6(2)9(17)15(10)11-12-5-13-14-11/h5,10H,4H2,1-3H3,(H,12,13,14). The number of anilines is 1. The molecule has 0 fully saturated rings. The van der Waals surface area contributed by atoms with E-state index >= 15 is 0 Å². The number of rotatable bonds is 3. The Balaban J connectivity index is 2.33. The first-order valence-corrected chi connectivity index (χ1v) is 5.62. The van der Waals surface area contributed by atoms with Crippen molar-refractivity contribution in [2.45, 2.75) is 33.4 Å². The molecule has 7 heteroatoms. The highest BCUT2D eigenvalue weighted by molar-refractivity contribution is 6.08. The number of nitrogens with zero attached hydrogens (tertiary/aromatic N) is 3. The number of hydrogen-bond acceptors (Lipinski definition) is 5. The number of nitrogens with one attached hydrogen (secondary N) is 1. The van der Waals surface area contributed by atoms with E-state index in [0.29, 0.717) is 11.1 Å². The van der Waals surface area contributed by atoms with Gasteiger partial charge in [0.1, 0.15) is 6.33 Å². The zero-order valence-electron chi connectivity index (χ0n) is 10.4. The summed E-state index contributed by atoms with van der Waals surface area (Å²) in [6.45, 7) is 5.15. The Morgan fingerprint density at radius 3 is 2.83 bits per heavy atom. The summed E-state index contributed by atoms with van der Waals surface area (Å²) >= 11 is 0. The molecule has 2 heterocycles. The lowest BCUT2D eigenvalue weighted by atomic mass is 10.2. The van der Waals surface area contributed by atoms with Crippen LogP contribution in [0.25, 0.3) is 0 Å². The van der Waals surface area contributed by atoms with Crippen molar-refractivity contribution in [3.63, 3.8) is 0 Å². The summed E-state index contributed by atoms with van der Waals surface area (Å²) in [6.07, 6.45) is 0.809. The van der Waals surface area contributed by atoms with Gasteiger partial charge in [-0.15, -0.1) is 0 Å².